The van der Waals surface area contributed by atoms with E-state index in [1.54, 1.807) is 13.0 Å². The minimum absolute atomic E-state index is 0.125. The molecule has 2 rings (SSSR count). The quantitative estimate of drug-likeness (QED) is 0.872. The minimum Gasteiger partial charge on any atom is -0.478 e. The first-order valence-electron chi connectivity index (χ1n) is 5.59. The molecule has 92 valence electrons. The largest absolute Gasteiger partial charge is 0.478 e. The second-order valence-corrected chi connectivity index (χ2v) is 4.32. The molecule has 18 heavy (non-hydrogen) atoms. The van der Waals surface area contributed by atoms with E-state index < -0.39 is 11.8 Å². The third-order valence-electron chi connectivity index (χ3n) is 2.86. The number of rotatable bonds is 2. The fraction of sp³-hybridized carbons (Fsp3) is 0.133. The summed E-state index contributed by atoms with van der Waals surface area (Å²) < 4.78 is 13.6. The van der Waals surface area contributed by atoms with Crippen LogP contribution < -0.4 is 0 Å². The minimum atomic E-state index is -1.05. The van der Waals surface area contributed by atoms with Crippen LogP contribution in [0.25, 0.3) is 11.1 Å². The van der Waals surface area contributed by atoms with Crippen molar-refractivity contribution in [2.24, 2.45) is 0 Å². The van der Waals surface area contributed by atoms with Gasteiger partial charge in [0.25, 0.3) is 0 Å². The SMILES string of the molecule is Cc1cccc(-c2cc(F)c(C)cc2C(=O)O)c1. The van der Waals surface area contributed by atoms with Crippen LogP contribution in [0.1, 0.15) is 21.5 Å². The highest BCUT2D eigenvalue weighted by atomic mass is 19.1. The van der Waals surface area contributed by atoms with Crippen molar-refractivity contribution >= 4 is 5.97 Å². The van der Waals surface area contributed by atoms with Gasteiger partial charge in [-0.1, -0.05) is 29.8 Å². The highest BCUT2D eigenvalue weighted by molar-refractivity contribution is 5.96. The molecule has 0 aliphatic heterocycles. The van der Waals surface area contributed by atoms with Crippen molar-refractivity contribution in [1.82, 2.24) is 0 Å². The fourth-order valence-electron chi connectivity index (χ4n) is 1.91. The summed E-state index contributed by atoms with van der Waals surface area (Å²) >= 11 is 0. The molecule has 0 aromatic heterocycles. The number of carboxylic acids is 1. The van der Waals surface area contributed by atoms with Crippen molar-refractivity contribution in [1.29, 1.82) is 0 Å². The van der Waals surface area contributed by atoms with Crippen molar-refractivity contribution in [3.8, 4) is 11.1 Å². The second-order valence-electron chi connectivity index (χ2n) is 4.32. The molecule has 0 aliphatic rings. The Morgan fingerprint density at radius 3 is 2.50 bits per heavy atom. The molecule has 3 heteroatoms. The topological polar surface area (TPSA) is 37.3 Å². The second kappa shape index (κ2) is 4.61. The molecule has 0 saturated carbocycles. The first-order chi connectivity index (χ1) is 8.49. The zero-order valence-electron chi connectivity index (χ0n) is 10.2. The van der Waals surface area contributed by atoms with Gasteiger partial charge in [-0.2, -0.15) is 0 Å². The molecule has 0 heterocycles. The van der Waals surface area contributed by atoms with Gasteiger partial charge in [0.2, 0.25) is 0 Å². The first kappa shape index (κ1) is 12.3. The van der Waals surface area contributed by atoms with Crippen LogP contribution in [0.15, 0.2) is 36.4 Å². The van der Waals surface area contributed by atoms with Gasteiger partial charge in [0, 0.05) is 0 Å². The average Bonchev–Trinajstić information content (AvgIpc) is 2.31. The van der Waals surface area contributed by atoms with Gasteiger partial charge in [-0.05, 0) is 42.7 Å². The average molecular weight is 244 g/mol. The molecule has 0 unspecified atom stereocenters. The summed E-state index contributed by atoms with van der Waals surface area (Å²) in [4.78, 5) is 11.2. The maximum atomic E-state index is 13.6. The predicted molar refractivity (Wildman–Crippen MR) is 68.3 cm³/mol. The van der Waals surface area contributed by atoms with Gasteiger partial charge in [0.1, 0.15) is 5.82 Å². The van der Waals surface area contributed by atoms with E-state index in [1.165, 1.54) is 12.1 Å². The first-order valence-corrected chi connectivity index (χ1v) is 5.59. The summed E-state index contributed by atoms with van der Waals surface area (Å²) in [6, 6.07) is 10.0. The molecule has 0 bridgehead atoms. The number of hydrogen-bond donors (Lipinski definition) is 1. The van der Waals surface area contributed by atoms with Gasteiger partial charge in [0.05, 0.1) is 5.56 Å². The number of benzene rings is 2. The molecule has 0 aliphatic carbocycles. The van der Waals surface area contributed by atoms with Gasteiger partial charge < -0.3 is 5.11 Å². The Bertz CT molecular complexity index is 618. The third kappa shape index (κ3) is 2.25. The Morgan fingerprint density at radius 2 is 1.89 bits per heavy atom. The number of hydrogen-bond acceptors (Lipinski definition) is 1. The van der Waals surface area contributed by atoms with Crippen LogP contribution in [-0.2, 0) is 0 Å². The molecular weight excluding hydrogens is 231 g/mol. The molecular formula is C15H13FO2. The third-order valence-corrected chi connectivity index (χ3v) is 2.86. The molecule has 2 aromatic rings. The van der Waals surface area contributed by atoms with Crippen molar-refractivity contribution < 1.29 is 14.3 Å². The van der Waals surface area contributed by atoms with Crippen molar-refractivity contribution in [2.45, 2.75) is 13.8 Å². The predicted octanol–water partition coefficient (Wildman–Crippen LogP) is 3.81. The molecule has 2 aromatic carbocycles. The normalized spacial score (nSPS) is 10.4. The highest BCUT2D eigenvalue weighted by Crippen LogP contribution is 2.27. The van der Waals surface area contributed by atoms with Crippen LogP contribution in [0, 0.1) is 19.7 Å². The molecule has 0 fully saturated rings. The summed E-state index contributed by atoms with van der Waals surface area (Å²) in [6.07, 6.45) is 0. The maximum Gasteiger partial charge on any atom is 0.336 e. The number of carbonyl (C=O) groups is 1. The van der Waals surface area contributed by atoms with Crippen LogP contribution in [0.2, 0.25) is 0 Å². The highest BCUT2D eigenvalue weighted by Gasteiger charge is 2.14. The number of aryl methyl sites for hydroxylation is 2. The van der Waals surface area contributed by atoms with Crippen LogP contribution in [0.5, 0.6) is 0 Å². The Balaban J connectivity index is 2.69. The zero-order valence-corrected chi connectivity index (χ0v) is 10.2. The van der Waals surface area contributed by atoms with Crippen molar-refractivity contribution in [3.05, 3.63) is 58.9 Å². The standard InChI is InChI=1S/C15H13FO2/c1-9-4-3-5-11(6-9)12-8-14(16)10(2)7-13(12)15(17)18/h3-8H,1-2H3,(H,17,18). The molecule has 0 atom stereocenters. The lowest BCUT2D eigenvalue weighted by Crippen LogP contribution is -2.02. The van der Waals surface area contributed by atoms with E-state index in [2.05, 4.69) is 0 Å². The van der Waals surface area contributed by atoms with E-state index >= 15 is 0 Å². The number of aromatic carboxylic acids is 1. The van der Waals surface area contributed by atoms with Gasteiger partial charge in [-0.25, -0.2) is 9.18 Å². The van der Waals surface area contributed by atoms with E-state index in [1.807, 2.05) is 25.1 Å². The van der Waals surface area contributed by atoms with Crippen molar-refractivity contribution in [3.63, 3.8) is 0 Å². The Morgan fingerprint density at radius 1 is 1.17 bits per heavy atom. The molecule has 0 saturated heterocycles. The van der Waals surface area contributed by atoms with Gasteiger partial charge in [-0.3, -0.25) is 0 Å². The summed E-state index contributed by atoms with van der Waals surface area (Å²) in [6.45, 7) is 3.47. The Labute approximate surface area is 105 Å². The monoisotopic (exact) mass is 244 g/mol. The molecule has 0 radical (unpaired) electrons. The van der Waals surface area contributed by atoms with E-state index in [9.17, 15) is 14.3 Å². The van der Waals surface area contributed by atoms with Crippen LogP contribution in [0.3, 0.4) is 0 Å². The lowest BCUT2D eigenvalue weighted by molar-refractivity contribution is 0.0697. The lowest BCUT2D eigenvalue weighted by Gasteiger charge is -2.09. The van der Waals surface area contributed by atoms with Crippen LogP contribution >= 0.6 is 0 Å². The van der Waals surface area contributed by atoms with Crippen molar-refractivity contribution in [2.75, 3.05) is 0 Å². The van der Waals surface area contributed by atoms with E-state index in [-0.39, 0.29) is 5.56 Å². The molecule has 0 amide bonds. The zero-order chi connectivity index (χ0) is 13.3. The fourth-order valence-corrected chi connectivity index (χ4v) is 1.91. The summed E-state index contributed by atoms with van der Waals surface area (Å²) in [5.74, 6) is -1.44. The van der Waals surface area contributed by atoms with E-state index in [0.29, 0.717) is 16.7 Å². The van der Waals surface area contributed by atoms with E-state index in [0.717, 1.165) is 5.56 Å². The molecule has 2 nitrogen and oxygen atoms in total. The van der Waals surface area contributed by atoms with Gasteiger partial charge in [0.15, 0.2) is 0 Å². The number of carboxylic acid groups (broad SMARTS) is 1. The van der Waals surface area contributed by atoms with Gasteiger partial charge in [-0.15, -0.1) is 0 Å². The number of halogens is 1. The summed E-state index contributed by atoms with van der Waals surface area (Å²) in [7, 11) is 0. The molecule has 0 spiro atoms. The smallest absolute Gasteiger partial charge is 0.336 e. The molecule has 1 N–H and O–H groups in total. The summed E-state index contributed by atoms with van der Waals surface area (Å²) in [5.41, 5.74) is 2.59. The maximum absolute atomic E-state index is 13.6. The van der Waals surface area contributed by atoms with Gasteiger partial charge >= 0.3 is 5.97 Å². The Kier molecular flexibility index (Phi) is 3.15. The Hall–Kier alpha value is -2.16. The van der Waals surface area contributed by atoms with Crippen LogP contribution in [0.4, 0.5) is 4.39 Å². The van der Waals surface area contributed by atoms with E-state index in [4.69, 9.17) is 0 Å². The lowest BCUT2D eigenvalue weighted by atomic mass is 9.96. The summed E-state index contributed by atoms with van der Waals surface area (Å²) in [5, 5.41) is 9.19. The van der Waals surface area contributed by atoms with Crippen LogP contribution in [-0.4, -0.2) is 11.1 Å².